The van der Waals surface area contributed by atoms with Crippen LogP contribution in [-0.4, -0.2) is 48.6 Å². The number of urea groups is 1. The molecule has 1 saturated heterocycles. The molecule has 1 fully saturated rings. The topological polar surface area (TPSA) is 72.3 Å². The average molecular weight is 353 g/mol. The zero-order valence-electron chi connectivity index (χ0n) is 14.4. The van der Waals surface area contributed by atoms with Crippen molar-refractivity contribution in [2.45, 2.75) is 6.42 Å². The molecule has 0 atom stereocenters. The van der Waals surface area contributed by atoms with Crippen LogP contribution in [0.4, 0.5) is 14.9 Å². The summed E-state index contributed by atoms with van der Waals surface area (Å²) in [5.41, 5.74) is 1.72. The van der Waals surface area contributed by atoms with Crippen LogP contribution in [-0.2, 0) is 6.42 Å². The fourth-order valence-corrected chi connectivity index (χ4v) is 3.01. The van der Waals surface area contributed by atoms with E-state index in [1.807, 2.05) is 23.1 Å². The zero-order valence-corrected chi connectivity index (χ0v) is 14.4. The van der Waals surface area contributed by atoms with Gasteiger partial charge < -0.3 is 15.1 Å². The van der Waals surface area contributed by atoms with Crippen LogP contribution in [0.15, 0.2) is 42.7 Å². The summed E-state index contributed by atoms with van der Waals surface area (Å²) in [6, 6.07) is 10.3. The third-order valence-corrected chi connectivity index (χ3v) is 4.42. The summed E-state index contributed by atoms with van der Waals surface area (Å²) in [4.78, 5) is 20.0. The minimum Gasteiger partial charge on any atom is -0.367 e. The van der Waals surface area contributed by atoms with Crippen LogP contribution in [0.3, 0.4) is 0 Å². The highest BCUT2D eigenvalue weighted by Gasteiger charge is 2.23. The molecule has 1 aliphatic rings. The number of carbonyl (C=O) groups excluding carboxylic acids is 1. The van der Waals surface area contributed by atoms with Crippen LogP contribution >= 0.6 is 0 Å². The molecular formula is C19H20FN5O. The Labute approximate surface area is 151 Å². The summed E-state index contributed by atoms with van der Waals surface area (Å²) >= 11 is 0. The number of rotatable bonds is 4. The van der Waals surface area contributed by atoms with Crippen LogP contribution in [0.25, 0.3) is 0 Å². The first kappa shape index (κ1) is 17.7. The number of nitrogens with zero attached hydrogens (tertiary/aromatic N) is 4. The molecule has 0 bridgehead atoms. The number of piperazine rings is 1. The lowest BCUT2D eigenvalue weighted by atomic mass is 10.1. The molecule has 0 saturated carbocycles. The van der Waals surface area contributed by atoms with E-state index in [9.17, 15) is 9.18 Å². The van der Waals surface area contributed by atoms with Crippen molar-refractivity contribution in [3.63, 3.8) is 0 Å². The van der Waals surface area contributed by atoms with Crippen molar-refractivity contribution < 1.29 is 9.18 Å². The Morgan fingerprint density at radius 3 is 2.73 bits per heavy atom. The van der Waals surface area contributed by atoms with Crippen molar-refractivity contribution in [2.24, 2.45) is 0 Å². The van der Waals surface area contributed by atoms with Crippen LogP contribution in [0.2, 0.25) is 0 Å². The van der Waals surface area contributed by atoms with Gasteiger partial charge in [-0.2, -0.15) is 5.26 Å². The molecular weight excluding hydrogens is 333 g/mol. The molecule has 1 aromatic heterocycles. The van der Waals surface area contributed by atoms with E-state index < -0.39 is 5.82 Å². The van der Waals surface area contributed by atoms with E-state index in [4.69, 9.17) is 5.26 Å². The smallest absolute Gasteiger partial charge is 0.317 e. The molecule has 2 aromatic rings. The summed E-state index contributed by atoms with van der Waals surface area (Å²) in [5, 5.41) is 12.1. The van der Waals surface area contributed by atoms with Gasteiger partial charge in [-0.05, 0) is 30.2 Å². The Kier molecular flexibility index (Phi) is 5.64. The van der Waals surface area contributed by atoms with E-state index in [0.29, 0.717) is 38.4 Å². The third-order valence-electron chi connectivity index (χ3n) is 4.42. The molecule has 1 aromatic carbocycles. The summed E-state index contributed by atoms with van der Waals surface area (Å²) in [6.45, 7) is 2.73. The molecule has 26 heavy (non-hydrogen) atoms. The van der Waals surface area contributed by atoms with Gasteiger partial charge in [-0.3, -0.25) is 4.98 Å². The van der Waals surface area contributed by atoms with Gasteiger partial charge in [0.05, 0.1) is 5.69 Å². The highest BCUT2D eigenvalue weighted by Crippen LogP contribution is 2.23. The quantitative estimate of drug-likeness (QED) is 0.914. The molecule has 0 unspecified atom stereocenters. The number of halogens is 1. The predicted molar refractivity (Wildman–Crippen MR) is 96.2 cm³/mol. The van der Waals surface area contributed by atoms with Crippen LogP contribution in [0.5, 0.6) is 0 Å². The van der Waals surface area contributed by atoms with Crippen LogP contribution in [0, 0.1) is 17.1 Å². The van der Waals surface area contributed by atoms with Crippen molar-refractivity contribution in [2.75, 3.05) is 37.6 Å². The summed E-state index contributed by atoms with van der Waals surface area (Å²) < 4.78 is 13.8. The highest BCUT2D eigenvalue weighted by molar-refractivity contribution is 5.74. The molecule has 1 aliphatic heterocycles. The highest BCUT2D eigenvalue weighted by atomic mass is 19.1. The minimum absolute atomic E-state index is 0.0573. The van der Waals surface area contributed by atoms with Crippen LogP contribution in [0.1, 0.15) is 11.1 Å². The first-order valence-corrected chi connectivity index (χ1v) is 8.54. The number of benzene rings is 1. The molecule has 0 spiro atoms. The number of amides is 2. The van der Waals surface area contributed by atoms with Crippen molar-refractivity contribution in [3.8, 4) is 6.07 Å². The second-order valence-electron chi connectivity index (χ2n) is 6.06. The Balaban J connectivity index is 1.50. The largest absolute Gasteiger partial charge is 0.367 e. The standard InChI is InChI=1S/C19H20FN5O/c20-17-4-1-5-18(16(17)13-21)24-9-11-25(12-10-24)19(26)23-8-6-15-3-2-7-22-14-15/h1-5,7,14H,6,8-12H2,(H,23,26). The molecule has 2 heterocycles. The lowest BCUT2D eigenvalue weighted by molar-refractivity contribution is 0.194. The number of hydrogen-bond acceptors (Lipinski definition) is 4. The Morgan fingerprint density at radius 2 is 2.04 bits per heavy atom. The molecule has 134 valence electrons. The molecule has 2 amide bonds. The Bertz CT molecular complexity index is 797. The second-order valence-corrected chi connectivity index (χ2v) is 6.06. The third kappa shape index (κ3) is 4.09. The molecule has 7 heteroatoms. The van der Waals surface area contributed by atoms with E-state index in [0.717, 1.165) is 12.0 Å². The van der Waals surface area contributed by atoms with Crippen molar-refractivity contribution in [1.29, 1.82) is 5.26 Å². The van der Waals surface area contributed by atoms with E-state index in [1.54, 1.807) is 29.4 Å². The van der Waals surface area contributed by atoms with Gasteiger partial charge in [-0.25, -0.2) is 9.18 Å². The van der Waals surface area contributed by atoms with Crippen molar-refractivity contribution >= 4 is 11.7 Å². The van der Waals surface area contributed by atoms with Crippen molar-refractivity contribution in [3.05, 3.63) is 59.7 Å². The number of hydrogen-bond donors (Lipinski definition) is 1. The SMILES string of the molecule is N#Cc1c(F)cccc1N1CCN(C(=O)NCCc2cccnc2)CC1. The number of nitrogens with one attached hydrogen (secondary N) is 1. The van der Waals surface area contributed by atoms with Gasteiger partial charge in [0, 0.05) is 45.1 Å². The van der Waals surface area contributed by atoms with Crippen LogP contribution < -0.4 is 10.2 Å². The first-order chi connectivity index (χ1) is 12.7. The van der Waals surface area contributed by atoms with Crippen molar-refractivity contribution in [1.82, 2.24) is 15.2 Å². The molecule has 3 rings (SSSR count). The molecule has 6 nitrogen and oxygen atoms in total. The molecule has 0 aliphatic carbocycles. The summed E-state index contributed by atoms with van der Waals surface area (Å²) in [5.74, 6) is -0.513. The maximum absolute atomic E-state index is 13.8. The normalized spacial score (nSPS) is 14.0. The predicted octanol–water partition coefficient (Wildman–Crippen LogP) is 2.17. The van der Waals surface area contributed by atoms with E-state index in [2.05, 4.69) is 10.3 Å². The zero-order chi connectivity index (χ0) is 18.4. The van der Waals surface area contributed by atoms with Gasteiger partial charge >= 0.3 is 6.03 Å². The lowest BCUT2D eigenvalue weighted by Gasteiger charge is -2.36. The fraction of sp³-hybridized carbons (Fsp3) is 0.316. The minimum atomic E-state index is -0.513. The van der Waals surface area contributed by atoms with Gasteiger partial charge in [0.1, 0.15) is 17.4 Å². The Morgan fingerprint density at radius 1 is 1.23 bits per heavy atom. The number of carbonyl (C=O) groups is 1. The summed E-state index contributed by atoms with van der Waals surface area (Å²) in [7, 11) is 0. The van der Waals surface area contributed by atoms with Gasteiger partial charge in [0.25, 0.3) is 0 Å². The number of aromatic nitrogens is 1. The van der Waals surface area contributed by atoms with E-state index >= 15 is 0 Å². The summed E-state index contributed by atoms with van der Waals surface area (Å²) in [6.07, 6.45) is 4.24. The maximum atomic E-state index is 13.8. The van der Waals surface area contributed by atoms with Gasteiger partial charge in [-0.15, -0.1) is 0 Å². The second kappa shape index (κ2) is 8.30. The van der Waals surface area contributed by atoms with Gasteiger partial charge in [0.2, 0.25) is 0 Å². The fourth-order valence-electron chi connectivity index (χ4n) is 3.01. The molecule has 1 N–H and O–H groups in total. The van der Waals surface area contributed by atoms with Gasteiger partial charge in [0.15, 0.2) is 0 Å². The van der Waals surface area contributed by atoms with Gasteiger partial charge in [-0.1, -0.05) is 12.1 Å². The number of anilines is 1. The first-order valence-electron chi connectivity index (χ1n) is 8.54. The average Bonchev–Trinajstić information content (AvgIpc) is 2.68. The van der Waals surface area contributed by atoms with E-state index in [1.165, 1.54) is 6.07 Å². The molecule has 0 radical (unpaired) electrons. The number of pyridine rings is 1. The monoisotopic (exact) mass is 353 g/mol. The maximum Gasteiger partial charge on any atom is 0.317 e. The van der Waals surface area contributed by atoms with E-state index in [-0.39, 0.29) is 11.6 Å². The Hall–Kier alpha value is -3.14. The lowest BCUT2D eigenvalue weighted by Crippen LogP contribution is -2.52. The number of nitriles is 1.